The van der Waals surface area contributed by atoms with Crippen LogP contribution in [0.2, 0.25) is 0 Å². The summed E-state index contributed by atoms with van der Waals surface area (Å²) in [4.78, 5) is 0. The number of rotatable bonds is 4. The van der Waals surface area contributed by atoms with Crippen molar-refractivity contribution < 1.29 is 15.3 Å². The maximum absolute atomic E-state index is 10.5. The third-order valence-electron chi connectivity index (χ3n) is 4.88. The minimum Gasteiger partial charge on any atom is -0.508 e. The molecule has 0 atom stereocenters. The number of allylic oxidation sites excluding steroid dienone is 3. The van der Waals surface area contributed by atoms with Gasteiger partial charge < -0.3 is 15.3 Å². The van der Waals surface area contributed by atoms with Crippen LogP contribution in [0.25, 0.3) is 0 Å². The van der Waals surface area contributed by atoms with Crippen molar-refractivity contribution >= 4 is 0 Å². The normalized spacial score (nSPS) is 12.7. The predicted molar refractivity (Wildman–Crippen MR) is 107 cm³/mol. The van der Waals surface area contributed by atoms with Gasteiger partial charge in [0.1, 0.15) is 17.3 Å². The van der Waals surface area contributed by atoms with E-state index in [0.717, 1.165) is 39.0 Å². The highest BCUT2D eigenvalue weighted by Crippen LogP contribution is 2.39. The summed E-state index contributed by atoms with van der Waals surface area (Å²) >= 11 is 0. The first-order valence-electron chi connectivity index (χ1n) is 8.83. The second-order valence-electron chi connectivity index (χ2n) is 6.86. The fourth-order valence-electron chi connectivity index (χ4n) is 3.49. The van der Waals surface area contributed by atoms with Gasteiger partial charge >= 0.3 is 0 Å². The molecule has 0 heterocycles. The van der Waals surface area contributed by atoms with Crippen LogP contribution in [-0.2, 0) is 0 Å². The van der Waals surface area contributed by atoms with Gasteiger partial charge in [0.2, 0.25) is 0 Å². The number of phenolic OH excluding ortho intramolecular Hbond substituents is 2. The van der Waals surface area contributed by atoms with Gasteiger partial charge in [-0.25, -0.2) is 0 Å². The zero-order valence-electron chi connectivity index (χ0n) is 16.4. The van der Waals surface area contributed by atoms with E-state index in [1.807, 2.05) is 65.0 Å². The number of aliphatic hydroxyl groups is 1. The highest BCUT2D eigenvalue weighted by Gasteiger charge is 2.24. The number of aliphatic hydroxyl groups excluding tert-OH is 1. The van der Waals surface area contributed by atoms with Crippen molar-refractivity contribution in [2.45, 2.75) is 47.5 Å². The lowest BCUT2D eigenvalue weighted by Gasteiger charge is -2.24. The van der Waals surface area contributed by atoms with Gasteiger partial charge in [-0.1, -0.05) is 30.3 Å². The Morgan fingerprint density at radius 2 is 1.08 bits per heavy atom. The van der Waals surface area contributed by atoms with Crippen LogP contribution < -0.4 is 0 Å². The van der Waals surface area contributed by atoms with Crippen LogP contribution in [0, 0.1) is 27.7 Å². The summed E-state index contributed by atoms with van der Waals surface area (Å²) in [6.45, 7) is 11.2. The van der Waals surface area contributed by atoms with E-state index in [2.05, 4.69) is 0 Å². The quantitative estimate of drug-likeness (QED) is 0.476. The molecule has 2 rings (SSSR count). The second kappa shape index (κ2) is 7.69. The molecule has 26 heavy (non-hydrogen) atoms. The Hall–Kier alpha value is -2.68. The Labute approximate surface area is 156 Å². The molecule has 0 unspecified atom stereocenters. The Kier molecular flexibility index (Phi) is 5.81. The third kappa shape index (κ3) is 3.62. The molecule has 0 saturated heterocycles. The number of phenols is 2. The van der Waals surface area contributed by atoms with E-state index in [1.165, 1.54) is 0 Å². The fourth-order valence-corrected chi connectivity index (χ4v) is 3.49. The monoisotopic (exact) mass is 352 g/mol. The first-order chi connectivity index (χ1) is 12.2. The summed E-state index contributed by atoms with van der Waals surface area (Å²) in [7, 11) is 0. The SMILES string of the molecule is C/C=C(\C(O)=C/C)C(c1cc(C)c(O)c(C)c1)c1cc(C)c(O)c(C)c1. The highest BCUT2D eigenvalue weighted by atomic mass is 16.3. The minimum atomic E-state index is -0.202. The second-order valence-corrected chi connectivity index (χ2v) is 6.86. The molecular weight excluding hydrogens is 324 g/mol. The molecule has 0 saturated carbocycles. The molecule has 138 valence electrons. The van der Waals surface area contributed by atoms with Crippen LogP contribution in [0.3, 0.4) is 0 Å². The van der Waals surface area contributed by atoms with Gasteiger partial charge in [-0.05, 0) is 81.0 Å². The molecule has 3 N–H and O–H groups in total. The maximum Gasteiger partial charge on any atom is 0.121 e. The summed E-state index contributed by atoms with van der Waals surface area (Å²) in [5.41, 5.74) is 5.97. The van der Waals surface area contributed by atoms with E-state index in [9.17, 15) is 15.3 Å². The van der Waals surface area contributed by atoms with Crippen LogP contribution in [0.15, 0.2) is 47.7 Å². The van der Waals surface area contributed by atoms with Crippen molar-refractivity contribution in [1.82, 2.24) is 0 Å². The fraction of sp³-hybridized carbons (Fsp3) is 0.304. The smallest absolute Gasteiger partial charge is 0.121 e. The van der Waals surface area contributed by atoms with Crippen molar-refractivity contribution in [2.24, 2.45) is 0 Å². The Morgan fingerprint density at radius 1 is 0.731 bits per heavy atom. The topological polar surface area (TPSA) is 60.7 Å². The average Bonchev–Trinajstić information content (AvgIpc) is 2.60. The largest absolute Gasteiger partial charge is 0.508 e. The summed E-state index contributed by atoms with van der Waals surface area (Å²) in [5, 5.41) is 30.8. The zero-order chi connectivity index (χ0) is 19.6. The molecule has 3 nitrogen and oxygen atoms in total. The molecule has 0 amide bonds. The van der Waals surface area contributed by atoms with Gasteiger partial charge in [-0.2, -0.15) is 0 Å². The number of aromatic hydroxyl groups is 2. The molecule has 0 radical (unpaired) electrons. The van der Waals surface area contributed by atoms with Crippen LogP contribution in [-0.4, -0.2) is 15.3 Å². The molecule has 2 aromatic carbocycles. The number of aryl methyl sites for hydroxylation is 4. The van der Waals surface area contributed by atoms with Gasteiger partial charge in [0.05, 0.1) is 0 Å². The van der Waals surface area contributed by atoms with Crippen LogP contribution in [0.4, 0.5) is 0 Å². The predicted octanol–water partition coefficient (Wildman–Crippen LogP) is 5.87. The Bertz CT molecular complexity index is 785. The highest BCUT2D eigenvalue weighted by molar-refractivity contribution is 5.54. The van der Waals surface area contributed by atoms with Crippen molar-refractivity contribution in [2.75, 3.05) is 0 Å². The molecule has 0 fully saturated rings. The lowest BCUT2D eigenvalue weighted by atomic mass is 9.81. The Balaban J connectivity index is 2.80. The first kappa shape index (κ1) is 19.6. The zero-order valence-corrected chi connectivity index (χ0v) is 16.4. The molecule has 0 bridgehead atoms. The summed E-state index contributed by atoms with van der Waals surface area (Å²) in [6, 6.07) is 7.82. The van der Waals surface area contributed by atoms with Gasteiger partial charge in [0, 0.05) is 11.5 Å². The number of hydrogen-bond acceptors (Lipinski definition) is 3. The van der Waals surface area contributed by atoms with Crippen LogP contribution >= 0.6 is 0 Å². The first-order valence-corrected chi connectivity index (χ1v) is 8.83. The standard InChI is InChI=1S/C23H28O3/c1-7-19(20(24)8-2)21(17-9-13(3)22(25)14(4)10-17)18-11-15(5)23(26)16(6)12-18/h7-12,21,24-26H,1-6H3/b19-7+,20-8+. The van der Waals surface area contributed by atoms with Crippen LogP contribution in [0.1, 0.15) is 53.1 Å². The molecule has 0 aromatic heterocycles. The van der Waals surface area contributed by atoms with E-state index in [-0.39, 0.29) is 11.7 Å². The summed E-state index contributed by atoms with van der Waals surface area (Å²) in [6.07, 6.45) is 3.59. The van der Waals surface area contributed by atoms with E-state index < -0.39 is 0 Å². The van der Waals surface area contributed by atoms with Crippen molar-refractivity contribution in [1.29, 1.82) is 0 Å². The molecule has 0 aliphatic heterocycles. The van der Waals surface area contributed by atoms with E-state index >= 15 is 0 Å². The van der Waals surface area contributed by atoms with Gasteiger partial charge in [-0.15, -0.1) is 0 Å². The third-order valence-corrected chi connectivity index (χ3v) is 4.88. The molecule has 0 aliphatic carbocycles. The maximum atomic E-state index is 10.5. The molecule has 3 heteroatoms. The summed E-state index contributed by atoms with van der Waals surface area (Å²) in [5.74, 6) is 0.613. The van der Waals surface area contributed by atoms with Crippen molar-refractivity contribution in [3.63, 3.8) is 0 Å². The lowest BCUT2D eigenvalue weighted by Crippen LogP contribution is -2.09. The van der Waals surface area contributed by atoms with Gasteiger partial charge in [-0.3, -0.25) is 0 Å². The Morgan fingerprint density at radius 3 is 1.35 bits per heavy atom. The van der Waals surface area contributed by atoms with Crippen molar-refractivity contribution in [3.8, 4) is 11.5 Å². The minimum absolute atomic E-state index is 0.202. The molecular formula is C23H28O3. The molecule has 2 aromatic rings. The summed E-state index contributed by atoms with van der Waals surface area (Å²) < 4.78 is 0. The molecule has 0 spiro atoms. The van der Waals surface area contributed by atoms with Crippen molar-refractivity contribution in [3.05, 3.63) is 81.1 Å². The van der Waals surface area contributed by atoms with Crippen LogP contribution in [0.5, 0.6) is 11.5 Å². The molecule has 0 aliphatic rings. The number of hydrogen-bond donors (Lipinski definition) is 3. The van der Waals surface area contributed by atoms with E-state index in [4.69, 9.17) is 0 Å². The van der Waals surface area contributed by atoms with Gasteiger partial charge in [0.15, 0.2) is 0 Å². The van der Waals surface area contributed by atoms with Gasteiger partial charge in [0.25, 0.3) is 0 Å². The van der Waals surface area contributed by atoms with E-state index in [0.29, 0.717) is 11.5 Å². The number of benzene rings is 2. The average molecular weight is 352 g/mol. The van der Waals surface area contributed by atoms with E-state index in [1.54, 1.807) is 13.0 Å². The lowest BCUT2D eigenvalue weighted by molar-refractivity contribution is 0.416.